The van der Waals surface area contributed by atoms with E-state index >= 15 is 0 Å². The number of amides is 1. The lowest BCUT2D eigenvalue weighted by molar-refractivity contribution is -0.135. The van der Waals surface area contributed by atoms with Gasteiger partial charge in [-0.05, 0) is 30.3 Å². The summed E-state index contributed by atoms with van der Waals surface area (Å²) < 4.78 is 18.6. The summed E-state index contributed by atoms with van der Waals surface area (Å²) in [5.41, 5.74) is 1.26. The van der Waals surface area contributed by atoms with Crippen LogP contribution in [0.15, 0.2) is 48.5 Å². The highest BCUT2D eigenvalue weighted by molar-refractivity contribution is 5.98. The Balaban J connectivity index is 1.34. The molecular weight excluding hydrogens is 361 g/mol. The van der Waals surface area contributed by atoms with E-state index in [1.165, 1.54) is 24.3 Å². The number of esters is 1. The van der Waals surface area contributed by atoms with E-state index < -0.39 is 11.4 Å². The van der Waals surface area contributed by atoms with Crippen molar-refractivity contribution >= 4 is 17.7 Å². The molecule has 0 radical (unpaired) electrons. The van der Waals surface area contributed by atoms with Crippen molar-refractivity contribution in [2.24, 2.45) is 0 Å². The molecule has 6 heteroatoms. The van der Waals surface area contributed by atoms with Gasteiger partial charge in [-0.15, -0.1) is 0 Å². The molecule has 144 valence electrons. The summed E-state index contributed by atoms with van der Waals surface area (Å²) in [5, 5.41) is 0. The van der Waals surface area contributed by atoms with Crippen LogP contribution in [0.5, 0.6) is 0 Å². The number of likely N-dealkylation sites (tertiary alicyclic amines) is 1. The van der Waals surface area contributed by atoms with Gasteiger partial charge in [0.05, 0.1) is 5.56 Å². The van der Waals surface area contributed by atoms with Crippen molar-refractivity contribution in [1.82, 2.24) is 4.90 Å². The summed E-state index contributed by atoms with van der Waals surface area (Å²) >= 11 is 0. The van der Waals surface area contributed by atoms with Crippen LogP contribution in [0.1, 0.15) is 52.0 Å². The first-order valence-corrected chi connectivity index (χ1v) is 9.38. The summed E-state index contributed by atoms with van der Waals surface area (Å²) in [7, 11) is 0. The summed E-state index contributed by atoms with van der Waals surface area (Å²) in [6, 6.07) is 12.7. The van der Waals surface area contributed by atoms with Gasteiger partial charge in [-0.25, -0.2) is 9.18 Å². The predicted molar refractivity (Wildman–Crippen MR) is 99.3 cm³/mol. The number of piperidine rings is 1. The van der Waals surface area contributed by atoms with Crippen molar-refractivity contribution in [2.45, 2.75) is 31.3 Å². The molecule has 2 aromatic carbocycles. The van der Waals surface area contributed by atoms with Gasteiger partial charge in [0.15, 0.2) is 5.78 Å². The Hall–Kier alpha value is -3.02. The molecule has 0 N–H and O–H groups in total. The Morgan fingerprint density at radius 3 is 2.39 bits per heavy atom. The van der Waals surface area contributed by atoms with Gasteiger partial charge in [-0.2, -0.15) is 0 Å². The highest BCUT2D eigenvalue weighted by Gasteiger charge is 2.47. The van der Waals surface area contributed by atoms with E-state index in [4.69, 9.17) is 4.74 Å². The average Bonchev–Trinajstić information content (AvgIpc) is 2.99. The van der Waals surface area contributed by atoms with E-state index in [0.29, 0.717) is 37.1 Å². The Labute approximate surface area is 162 Å². The largest absolute Gasteiger partial charge is 0.450 e. The lowest BCUT2D eigenvalue weighted by Crippen LogP contribution is -2.45. The van der Waals surface area contributed by atoms with Crippen LogP contribution in [0.4, 0.5) is 4.39 Å². The number of Topliss-reactive ketones (excluding diaryl/α,β-unsaturated/α-hetero) is 1. The van der Waals surface area contributed by atoms with Gasteiger partial charge in [0, 0.05) is 49.9 Å². The second kappa shape index (κ2) is 7.19. The summed E-state index contributed by atoms with van der Waals surface area (Å²) in [4.78, 5) is 38.5. The molecule has 0 unspecified atom stereocenters. The maximum atomic E-state index is 12.9. The van der Waals surface area contributed by atoms with Gasteiger partial charge in [-0.1, -0.05) is 18.2 Å². The third-order valence-electron chi connectivity index (χ3n) is 5.58. The predicted octanol–water partition coefficient (Wildman–Crippen LogP) is 3.48. The number of halogens is 1. The third-order valence-corrected chi connectivity index (χ3v) is 5.58. The Morgan fingerprint density at radius 1 is 1.00 bits per heavy atom. The fraction of sp³-hybridized carbons (Fsp3) is 0.318. The quantitative estimate of drug-likeness (QED) is 0.601. The van der Waals surface area contributed by atoms with Gasteiger partial charge in [0.1, 0.15) is 11.4 Å². The first-order valence-electron chi connectivity index (χ1n) is 9.38. The van der Waals surface area contributed by atoms with Crippen LogP contribution >= 0.6 is 0 Å². The highest BCUT2D eigenvalue weighted by atomic mass is 19.1. The average molecular weight is 381 g/mol. The molecule has 5 nitrogen and oxygen atoms in total. The zero-order valence-corrected chi connectivity index (χ0v) is 15.3. The van der Waals surface area contributed by atoms with E-state index in [2.05, 4.69) is 0 Å². The number of carbonyl (C=O) groups is 3. The number of ether oxygens (including phenoxy) is 1. The molecule has 1 amide bonds. The van der Waals surface area contributed by atoms with Crippen LogP contribution in [0.3, 0.4) is 0 Å². The molecule has 4 rings (SSSR count). The SMILES string of the molecule is O=C(CCC(=O)N1CCC2(CC1)OC(=O)c1ccccc12)c1ccc(F)cc1. The molecular formula is C22H20FNO4. The normalized spacial score (nSPS) is 17.3. The van der Waals surface area contributed by atoms with Gasteiger partial charge in [-0.3, -0.25) is 9.59 Å². The monoisotopic (exact) mass is 381 g/mol. The van der Waals surface area contributed by atoms with E-state index in [1.54, 1.807) is 11.0 Å². The van der Waals surface area contributed by atoms with Gasteiger partial charge >= 0.3 is 5.97 Å². The molecule has 1 fully saturated rings. The van der Waals surface area contributed by atoms with Gasteiger partial charge < -0.3 is 9.64 Å². The van der Waals surface area contributed by atoms with E-state index in [9.17, 15) is 18.8 Å². The number of fused-ring (bicyclic) bond motifs is 2. The standard InChI is InChI=1S/C22H20FNO4/c23-16-7-5-15(6-8-16)19(25)9-10-20(26)24-13-11-22(12-14-24)18-4-2-1-3-17(18)21(27)28-22/h1-8H,9-14H2. The minimum Gasteiger partial charge on any atom is -0.450 e. The second-order valence-electron chi connectivity index (χ2n) is 7.24. The topological polar surface area (TPSA) is 63.7 Å². The van der Waals surface area contributed by atoms with Crippen LogP contribution < -0.4 is 0 Å². The Kier molecular flexibility index (Phi) is 4.71. The van der Waals surface area contributed by atoms with Crippen molar-refractivity contribution < 1.29 is 23.5 Å². The molecule has 0 bridgehead atoms. The molecule has 0 saturated carbocycles. The van der Waals surface area contributed by atoms with Gasteiger partial charge in [0.25, 0.3) is 0 Å². The molecule has 1 spiro atoms. The zero-order chi connectivity index (χ0) is 19.7. The molecule has 2 aromatic rings. The van der Waals surface area contributed by atoms with Crippen LogP contribution in [0.25, 0.3) is 0 Å². The van der Waals surface area contributed by atoms with Crippen molar-refractivity contribution in [2.75, 3.05) is 13.1 Å². The van der Waals surface area contributed by atoms with Crippen molar-refractivity contribution in [1.29, 1.82) is 0 Å². The lowest BCUT2D eigenvalue weighted by atomic mass is 9.83. The molecule has 2 aliphatic rings. The fourth-order valence-corrected chi connectivity index (χ4v) is 3.99. The Bertz CT molecular complexity index is 930. The summed E-state index contributed by atoms with van der Waals surface area (Å²) in [5.74, 6) is -0.979. The van der Waals surface area contributed by atoms with Crippen molar-refractivity contribution in [3.8, 4) is 0 Å². The fourth-order valence-electron chi connectivity index (χ4n) is 3.99. The van der Waals surface area contributed by atoms with Crippen LogP contribution in [0.2, 0.25) is 0 Å². The van der Waals surface area contributed by atoms with Crippen molar-refractivity contribution in [3.63, 3.8) is 0 Å². The molecule has 2 aliphatic heterocycles. The second-order valence-corrected chi connectivity index (χ2v) is 7.24. The highest BCUT2D eigenvalue weighted by Crippen LogP contribution is 2.44. The van der Waals surface area contributed by atoms with Crippen LogP contribution in [-0.2, 0) is 15.1 Å². The molecule has 0 atom stereocenters. The molecule has 0 aromatic heterocycles. The van der Waals surface area contributed by atoms with Crippen LogP contribution in [0, 0.1) is 5.82 Å². The van der Waals surface area contributed by atoms with Crippen molar-refractivity contribution in [3.05, 3.63) is 71.0 Å². The first kappa shape index (κ1) is 18.3. The van der Waals surface area contributed by atoms with E-state index in [0.717, 1.165) is 5.56 Å². The number of nitrogens with zero attached hydrogens (tertiary/aromatic N) is 1. The molecule has 1 saturated heterocycles. The number of carbonyl (C=O) groups excluding carboxylic acids is 3. The summed E-state index contributed by atoms with van der Waals surface area (Å²) in [6.07, 6.45) is 1.30. The number of ketones is 1. The third kappa shape index (κ3) is 3.30. The molecule has 2 heterocycles. The maximum Gasteiger partial charge on any atom is 0.339 e. The lowest BCUT2D eigenvalue weighted by Gasteiger charge is -2.38. The smallest absolute Gasteiger partial charge is 0.339 e. The number of benzene rings is 2. The minimum absolute atomic E-state index is 0.0872. The molecule has 28 heavy (non-hydrogen) atoms. The first-order chi connectivity index (χ1) is 13.5. The minimum atomic E-state index is -0.644. The molecule has 0 aliphatic carbocycles. The number of hydrogen-bond donors (Lipinski definition) is 0. The zero-order valence-electron chi connectivity index (χ0n) is 15.3. The number of rotatable bonds is 4. The number of hydrogen-bond acceptors (Lipinski definition) is 4. The van der Waals surface area contributed by atoms with E-state index in [-0.39, 0.29) is 30.5 Å². The maximum absolute atomic E-state index is 12.9. The van der Waals surface area contributed by atoms with Gasteiger partial charge in [0.2, 0.25) is 5.91 Å². The van der Waals surface area contributed by atoms with E-state index in [1.807, 2.05) is 18.2 Å². The van der Waals surface area contributed by atoms with Crippen LogP contribution in [-0.4, -0.2) is 35.6 Å². The Morgan fingerprint density at radius 2 is 1.68 bits per heavy atom. The summed E-state index contributed by atoms with van der Waals surface area (Å²) in [6.45, 7) is 0.955.